The Labute approximate surface area is 143 Å². The molecule has 6 nitrogen and oxygen atoms in total. The van der Waals surface area contributed by atoms with Crippen LogP contribution in [-0.2, 0) is 4.79 Å². The van der Waals surface area contributed by atoms with Crippen molar-refractivity contribution in [3.63, 3.8) is 0 Å². The van der Waals surface area contributed by atoms with Crippen molar-refractivity contribution in [3.8, 4) is 11.5 Å². The van der Waals surface area contributed by atoms with Gasteiger partial charge in [-0.1, -0.05) is 6.07 Å². The molecule has 0 radical (unpaired) electrons. The van der Waals surface area contributed by atoms with Crippen LogP contribution in [0.3, 0.4) is 0 Å². The van der Waals surface area contributed by atoms with Crippen molar-refractivity contribution in [2.75, 3.05) is 19.5 Å². The Kier molecular flexibility index (Phi) is 5.59. The Morgan fingerprint density at radius 2 is 1.92 bits per heavy atom. The Morgan fingerprint density at radius 3 is 2.54 bits per heavy atom. The molecule has 3 N–H and O–H groups in total. The van der Waals surface area contributed by atoms with Crippen molar-refractivity contribution in [2.24, 2.45) is 5.73 Å². The third-order valence-corrected chi connectivity index (χ3v) is 4.31. The highest BCUT2D eigenvalue weighted by Gasteiger charge is 2.15. The number of carbonyl (C=O) groups is 2. The number of thiophene rings is 1. The molecule has 0 unspecified atom stereocenters. The summed E-state index contributed by atoms with van der Waals surface area (Å²) >= 11 is 1.26. The molecule has 0 spiro atoms. The second-order valence-electron chi connectivity index (χ2n) is 4.92. The van der Waals surface area contributed by atoms with Crippen LogP contribution in [0.4, 0.5) is 5.00 Å². The molecule has 2 aromatic rings. The van der Waals surface area contributed by atoms with Gasteiger partial charge in [0.05, 0.1) is 19.8 Å². The fraction of sp³-hybridized carbons (Fsp3) is 0.176. The van der Waals surface area contributed by atoms with Gasteiger partial charge < -0.3 is 20.5 Å². The van der Waals surface area contributed by atoms with E-state index in [-0.39, 0.29) is 5.91 Å². The number of carbonyl (C=O) groups excluding carboxylic acids is 2. The molecule has 0 atom stereocenters. The smallest absolute Gasteiger partial charge is 0.251 e. The molecule has 126 valence electrons. The van der Waals surface area contributed by atoms with Crippen LogP contribution >= 0.6 is 11.3 Å². The van der Waals surface area contributed by atoms with Crippen LogP contribution in [0, 0.1) is 6.92 Å². The number of nitrogens with one attached hydrogen (secondary N) is 1. The van der Waals surface area contributed by atoms with E-state index in [0.29, 0.717) is 22.1 Å². The predicted molar refractivity (Wildman–Crippen MR) is 94.8 cm³/mol. The summed E-state index contributed by atoms with van der Waals surface area (Å²) < 4.78 is 10.4. The average Bonchev–Trinajstić information content (AvgIpc) is 2.93. The van der Waals surface area contributed by atoms with Crippen LogP contribution in [0.2, 0.25) is 0 Å². The number of ether oxygens (including phenoxy) is 2. The van der Waals surface area contributed by atoms with E-state index in [4.69, 9.17) is 15.2 Å². The summed E-state index contributed by atoms with van der Waals surface area (Å²) in [6.45, 7) is 1.77. The first kappa shape index (κ1) is 17.6. The number of amides is 2. The van der Waals surface area contributed by atoms with Gasteiger partial charge in [0.25, 0.3) is 5.91 Å². The third kappa shape index (κ3) is 3.94. The summed E-state index contributed by atoms with van der Waals surface area (Å²) in [6, 6.07) is 5.31. The summed E-state index contributed by atoms with van der Waals surface area (Å²) in [5.41, 5.74) is 7.19. The van der Waals surface area contributed by atoms with E-state index < -0.39 is 5.91 Å². The summed E-state index contributed by atoms with van der Waals surface area (Å²) in [6.07, 6.45) is 3.02. The number of primary amides is 1. The van der Waals surface area contributed by atoms with Crippen molar-refractivity contribution >= 4 is 34.2 Å². The number of rotatable bonds is 6. The minimum atomic E-state index is -0.562. The number of aryl methyl sites for hydroxylation is 1. The molecule has 7 heteroatoms. The van der Waals surface area contributed by atoms with Gasteiger partial charge in [0.1, 0.15) is 5.00 Å². The zero-order chi connectivity index (χ0) is 17.7. The minimum Gasteiger partial charge on any atom is -0.493 e. The molecule has 1 heterocycles. The molecule has 2 rings (SSSR count). The van der Waals surface area contributed by atoms with Crippen molar-refractivity contribution in [2.45, 2.75) is 6.92 Å². The Hall–Kier alpha value is -2.80. The lowest BCUT2D eigenvalue weighted by atomic mass is 10.2. The van der Waals surface area contributed by atoms with Crippen LogP contribution in [-0.4, -0.2) is 26.0 Å². The third-order valence-electron chi connectivity index (χ3n) is 3.29. The summed E-state index contributed by atoms with van der Waals surface area (Å²) in [7, 11) is 3.10. The van der Waals surface area contributed by atoms with Crippen LogP contribution in [0.25, 0.3) is 6.08 Å². The van der Waals surface area contributed by atoms with Crippen LogP contribution in [0.5, 0.6) is 11.5 Å². The lowest BCUT2D eigenvalue weighted by Crippen LogP contribution is -2.16. The molecular weight excluding hydrogens is 328 g/mol. The summed E-state index contributed by atoms with van der Waals surface area (Å²) in [5, 5.41) is 4.89. The molecule has 0 aliphatic rings. The van der Waals surface area contributed by atoms with Gasteiger partial charge in [-0.05, 0) is 41.6 Å². The molecule has 24 heavy (non-hydrogen) atoms. The number of benzene rings is 1. The first-order chi connectivity index (χ1) is 11.5. The molecule has 2 amide bonds. The summed E-state index contributed by atoms with van der Waals surface area (Å²) in [4.78, 5) is 23.5. The lowest BCUT2D eigenvalue weighted by molar-refractivity contribution is -0.111. The van der Waals surface area contributed by atoms with Crippen molar-refractivity contribution in [1.82, 2.24) is 0 Å². The van der Waals surface area contributed by atoms with Crippen LogP contribution in [0.15, 0.2) is 29.7 Å². The van der Waals surface area contributed by atoms with E-state index >= 15 is 0 Å². The number of nitrogens with two attached hydrogens (primary N) is 1. The molecule has 0 aliphatic carbocycles. The van der Waals surface area contributed by atoms with Gasteiger partial charge in [-0.25, -0.2) is 0 Å². The van der Waals surface area contributed by atoms with E-state index in [1.807, 2.05) is 0 Å². The quantitative estimate of drug-likeness (QED) is 0.787. The number of hydrogen-bond donors (Lipinski definition) is 2. The maximum Gasteiger partial charge on any atom is 0.251 e. The van der Waals surface area contributed by atoms with Gasteiger partial charge in [0, 0.05) is 6.08 Å². The normalized spacial score (nSPS) is 10.6. The second-order valence-corrected chi connectivity index (χ2v) is 5.80. The standard InChI is InChI=1S/C17H18N2O4S/c1-10-9-24-17(15(10)16(18)21)19-14(20)7-5-11-4-6-12(22-2)13(8-11)23-3/h4-9H,1-3H3,(H2,18,21)(H,19,20)/b7-5+. The van der Waals surface area contributed by atoms with E-state index in [1.54, 1.807) is 50.8 Å². The van der Waals surface area contributed by atoms with Gasteiger partial charge in [-0.15, -0.1) is 11.3 Å². The monoisotopic (exact) mass is 346 g/mol. The number of methoxy groups -OCH3 is 2. The maximum atomic E-state index is 12.0. The summed E-state index contributed by atoms with van der Waals surface area (Å²) in [5.74, 6) is 0.270. The lowest BCUT2D eigenvalue weighted by Gasteiger charge is -2.07. The number of anilines is 1. The Balaban J connectivity index is 2.13. The Morgan fingerprint density at radius 1 is 1.21 bits per heavy atom. The topological polar surface area (TPSA) is 90.6 Å². The highest BCUT2D eigenvalue weighted by atomic mass is 32.1. The van der Waals surface area contributed by atoms with E-state index in [2.05, 4.69) is 5.32 Å². The van der Waals surface area contributed by atoms with Gasteiger partial charge in [-0.3, -0.25) is 9.59 Å². The fourth-order valence-corrected chi connectivity index (χ4v) is 3.08. The Bertz CT molecular complexity index is 796. The first-order valence-corrected chi connectivity index (χ1v) is 7.93. The second kappa shape index (κ2) is 7.65. The predicted octanol–water partition coefficient (Wildman–Crippen LogP) is 2.82. The maximum absolute atomic E-state index is 12.0. The largest absolute Gasteiger partial charge is 0.493 e. The van der Waals surface area contributed by atoms with Gasteiger partial charge in [0.15, 0.2) is 11.5 Å². The molecule has 0 saturated heterocycles. The fourth-order valence-electron chi connectivity index (χ4n) is 2.12. The van der Waals surface area contributed by atoms with Gasteiger partial charge in [0.2, 0.25) is 5.91 Å². The molecule has 0 fully saturated rings. The van der Waals surface area contributed by atoms with Gasteiger partial charge in [-0.2, -0.15) is 0 Å². The van der Waals surface area contributed by atoms with Crippen molar-refractivity contribution in [3.05, 3.63) is 46.3 Å². The molecule has 0 aliphatic heterocycles. The van der Waals surface area contributed by atoms with E-state index in [9.17, 15) is 9.59 Å². The van der Waals surface area contributed by atoms with Crippen LogP contribution < -0.4 is 20.5 Å². The van der Waals surface area contributed by atoms with Crippen molar-refractivity contribution in [1.29, 1.82) is 0 Å². The highest BCUT2D eigenvalue weighted by Crippen LogP contribution is 2.29. The van der Waals surface area contributed by atoms with Crippen molar-refractivity contribution < 1.29 is 19.1 Å². The van der Waals surface area contributed by atoms with E-state index in [1.165, 1.54) is 17.4 Å². The molecule has 1 aromatic heterocycles. The first-order valence-electron chi connectivity index (χ1n) is 7.05. The van der Waals surface area contributed by atoms with Crippen LogP contribution in [0.1, 0.15) is 21.5 Å². The zero-order valence-corrected chi connectivity index (χ0v) is 14.4. The number of hydrogen-bond acceptors (Lipinski definition) is 5. The van der Waals surface area contributed by atoms with E-state index in [0.717, 1.165) is 11.1 Å². The molecule has 0 saturated carbocycles. The highest BCUT2D eigenvalue weighted by molar-refractivity contribution is 7.15. The molecule has 0 bridgehead atoms. The minimum absolute atomic E-state index is 0.341. The zero-order valence-electron chi connectivity index (χ0n) is 13.6. The molecular formula is C17H18N2O4S. The molecule has 1 aromatic carbocycles. The SMILES string of the molecule is COc1ccc(/C=C/C(=O)Nc2scc(C)c2C(N)=O)cc1OC. The average molecular weight is 346 g/mol. The van der Waals surface area contributed by atoms with Gasteiger partial charge >= 0.3 is 0 Å².